The van der Waals surface area contributed by atoms with E-state index in [9.17, 15) is 18.8 Å². The first kappa shape index (κ1) is 11.0. The van der Waals surface area contributed by atoms with E-state index in [0.717, 1.165) is 0 Å². The minimum Gasteiger partial charge on any atom is -0.311 e. The van der Waals surface area contributed by atoms with Gasteiger partial charge in [-0.3, -0.25) is 9.59 Å². The molecule has 6 heteroatoms. The molecule has 0 atom stereocenters. The zero-order valence-corrected chi connectivity index (χ0v) is 8.51. The van der Waals surface area contributed by atoms with Crippen LogP contribution in [0.5, 0.6) is 0 Å². The van der Waals surface area contributed by atoms with Crippen molar-refractivity contribution < 1.29 is 9.18 Å². The molecule has 0 saturated heterocycles. The smallest absolute Gasteiger partial charge is 0.311 e. The molecule has 1 aromatic heterocycles. The average molecular weight is 234 g/mol. The summed E-state index contributed by atoms with van der Waals surface area (Å²) in [5.74, 6) is -1.09. The summed E-state index contributed by atoms with van der Waals surface area (Å²) in [7, 11) is 0. The van der Waals surface area contributed by atoms with Crippen LogP contribution in [-0.4, -0.2) is 15.8 Å². The molecule has 0 radical (unpaired) electrons. The predicted octanol–water partition coefficient (Wildman–Crippen LogP) is 0.477. The van der Waals surface area contributed by atoms with E-state index in [1.807, 2.05) is 0 Å². The Hall–Kier alpha value is -2.50. The van der Waals surface area contributed by atoms with Gasteiger partial charge in [0.2, 0.25) is 5.82 Å². The highest BCUT2D eigenvalue weighted by Crippen LogP contribution is 2.08. The minimum absolute atomic E-state index is 0.0493. The lowest BCUT2D eigenvalue weighted by molar-refractivity contribution is 0.112. The molecule has 0 aliphatic rings. The number of carbonyl (C=O) groups excluding carboxylic acids is 1. The first-order valence-corrected chi connectivity index (χ1v) is 4.70. The minimum atomic E-state index is -1.09. The van der Waals surface area contributed by atoms with Crippen molar-refractivity contribution in [1.29, 1.82) is 0 Å². The summed E-state index contributed by atoms with van der Waals surface area (Å²) in [6, 6.07) is 5.93. The van der Waals surface area contributed by atoms with Crippen LogP contribution >= 0.6 is 0 Å². The van der Waals surface area contributed by atoms with Crippen molar-refractivity contribution in [3.8, 4) is 5.69 Å². The van der Waals surface area contributed by atoms with Crippen molar-refractivity contribution in [3.63, 3.8) is 0 Å². The van der Waals surface area contributed by atoms with Gasteiger partial charge in [0.1, 0.15) is 0 Å². The highest BCUT2D eigenvalue weighted by Gasteiger charge is 2.11. The standard InChI is InChI=1S/C11H7FN2O3/c12-8-5-13-11(17)14(10(8)16)9-4-2-1-3-7(9)6-15/h1-6H,(H,13,17). The van der Waals surface area contributed by atoms with Gasteiger partial charge in [-0.05, 0) is 12.1 Å². The number of aromatic amines is 1. The summed E-state index contributed by atoms with van der Waals surface area (Å²) in [5, 5.41) is 0. The Labute approximate surface area is 94.2 Å². The fourth-order valence-electron chi connectivity index (χ4n) is 1.46. The lowest BCUT2D eigenvalue weighted by atomic mass is 10.2. The molecule has 0 saturated carbocycles. The number of H-pyrrole nitrogens is 1. The van der Waals surface area contributed by atoms with Crippen LogP contribution in [0.15, 0.2) is 40.1 Å². The van der Waals surface area contributed by atoms with Crippen molar-refractivity contribution in [2.24, 2.45) is 0 Å². The molecule has 0 aliphatic heterocycles. The number of nitrogens with zero attached hydrogens (tertiary/aromatic N) is 1. The highest BCUT2D eigenvalue weighted by atomic mass is 19.1. The summed E-state index contributed by atoms with van der Waals surface area (Å²) in [6.45, 7) is 0. The molecule has 0 fully saturated rings. The molecule has 1 N–H and O–H groups in total. The molecule has 0 aliphatic carbocycles. The zero-order chi connectivity index (χ0) is 12.4. The van der Waals surface area contributed by atoms with Crippen LogP contribution in [0.1, 0.15) is 10.4 Å². The third-order valence-electron chi connectivity index (χ3n) is 2.24. The normalized spacial score (nSPS) is 10.2. The second kappa shape index (κ2) is 4.17. The third-order valence-corrected chi connectivity index (χ3v) is 2.24. The van der Waals surface area contributed by atoms with Gasteiger partial charge in [0.25, 0.3) is 5.56 Å². The predicted molar refractivity (Wildman–Crippen MR) is 58.0 cm³/mol. The Balaban J connectivity index is 2.86. The molecule has 86 valence electrons. The summed E-state index contributed by atoms with van der Waals surface area (Å²) < 4.78 is 13.7. The molecular formula is C11H7FN2O3. The first-order chi connectivity index (χ1) is 8.15. The number of nitrogens with one attached hydrogen (secondary N) is 1. The fraction of sp³-hybridized carbons (Fsp3) is 0. The van der Waals surface area contributed by atoms with Crippen LogP contribution in [0.3, 0.4) is 0 Å². The Morgan fingerprint density at radius 2 is 1.94 bits per heavy atom. The second-order valence-corrected chi connectivity index (χ2v) is 3.26. The maximum absolute atomic E-state index is 13.1. The van der Waals surface area contributed by atoms with E-state index in [0.29, 0.717) is 17.1 Å². The van der Waals surface area contributed by atoms with Gasteiger partial charge in [-0.2, -0.15) is 4.39 Å². The molecular weight excluding hydrogens is 227 g/mol. The number of aromatic nitrogens is 2. The summed E-state index contributed by atoms with van der Waals surface area (Å²) in [5.41, 5.74) is -1.72. The molecule has 2 aromatic rings. The van der Waals surface area contributed by atoms with Crippen molar-refractivity contribution in [2.75, 3.05) is 0 Å². The van der Waals surface area contributed by atoms with E-state index in [1.165, 1.54) is 12.1 Å². The molecule has 0 spiro atoms. The van der Waals surface area contributed by atoms with Crippen LogP contribution in [0.2, 0.25) is 0 Å². The second-order valence-electron chi connectivity index (χ2n) is 3.26. The lowest BCUT2D eigenvalue weighted by Gasteiger charge is -2.06. The van der Waals surface area contributed by atoms with Crippen LogP contribution < -0.4 is 11.2 Å². The Kier molecular flexibility index (Phi) is 2.70. The highest BCUT2D eigenvalue weighted by molar-refractivity contribution is 5.80. The quantitative estimate of drug-likeness (QED) is 0.768. The van der Waals surface area contributed by atoms with E-state index >= 15 is 0 Å². The maximum Gasteiger partial charge on any atom is 0.333 e. The summed E-state index contributed by atoms with van der Waals surface area (Å²) in [6.07, 6.45) is 1.18. The van der Waals surface area contributed by atoms with Crippen LogP contribution in [0, 0.1) is 5.82 Å². The maximum atomic E-state index is 13.1. The molecule has 17 heavy (non-hydrogen) atoms. The van der Waals surface area contributed by atoms with Gasteiger partial charge >= 0.3 is 5.69 Å². The number of para-hydroxylation sites is 1. The molecule has 1 aromatic carbocycles. The number of aldehydes is 1. The van der Waals surface area contributed by atoms with Crippen LogP contribution in [0.4, 0.5) is 4.39 Å². The van der Waals surface area contributed by atoms with Crippen LogP contribution in [0.25, 0.3) is 5.69 Å². The third kappa shape index (κ3) is 1.80. The number of benzene rings is 1. The first-order valence-electron chi connectivity index (χ1n) is 4.70. The zero-order valence-electron chi connectivity index (χ0n) is 8.51. The van der Waals surface area contributed by atoms with Gasteiger partial charge in [-0.1, -0.05) is 12.1 Å². The van der Waals surface area contributed by atoms with E-state index in [4.69, 9.17) is 0 Å². The van der Waals surface area contributed by atoms with E-state index in [1.54, 1.807) is 12.1 Å². The molecule has 5 nitrogen and oxygen atoms in total. The van der Waals surface area contributed by atoms with Crippen LogP contribution in [-0.2, 0) is 0 Å². The van der Waals surface area contributed by atoms with Gasteiger partial charge in [0.05, 0.1) is 5.69 Å². The van der Waals surface area contributed by atoms with Crippen molar-refractivity contribution >= 4 is 6.29 Å². The van der Waals surface area contributed by atoms with Gasteiger partial charge in [-0.25, -0.2) is 9.36 Å². The largest absolute Gasteiger partial charge is 0.333 e. The summed E-state index contributed by atoms with van der Waals surface area (Å²) >= 11 is 0. The van der Waals surface area contributed by atoms with E-state index in [2.05, 4.69) is 4.98 Å². The van der Waals surface area contributed by atoms with E-state index in [-0.39, 0.29) is 11.3 Å². The number of hydrogen-bond acceptors (Lipinski definition) is 3. The number of carbonyl (C=O) groups is 1. The molecule has 2 rings (SSSR count). The fourth-order valence-corrected chi connectivity index (χ4v) is 1.46. The van der Waals surface area contributed by atoms with Gasteiger partial charge < -0.3 is 4.98 Å². The Morgan fingerprint density at radius 3 is 2.65 bits per heavy atom. The van der Waals surface area contributed by atoms with Gasteiger partial charge in [0, 0.05) is 11.8 Å². The van der Waals surface area contributed by atoms with Gasteiger partial charge in [-0.15, -0.1) is 0 Å². The van der Waals surface area contributed by atoms with Gasteiger partial charge in [0.15, 0.2) is 6.29 Å². The topological polar surface area (TPSA) is 71.9 Å². The SMILES string of the molecule is O=Cc1ccccc1-n1c(=O)[nH]cc(F)c1=O. The number of hydrogen-bond donors (Lipinski definition) is 1. The molecule has 0 amide bonds. The van der Waals surface area contributed by atoms with E-state index < -0.39 is 17.1 Å². The van der Waals surface area contributed by atoms with Crippen molar-refractivity contribution in [2.45, 2.75) is 0 Å². The Morgan fingerprint density at radius 1 is 1.24 bits per heavy atom. The van der Waals surface area contributed by atoms with Crippen molar-refractivity contribution in [3.05, 3.63) is 62.7 Å². The average Bonchev–Trinajstić information content (AvgIpc) is 2.35. The summed E-state index contributed by atoms with van der Waals surface area (Å²) in [4.78, 5) is 35.9. The monoisotopic (exact) mass is 234 g/mol. The van der Waals surface area contributed by atoms with Crippen molar-refractivity contribution in [1.82, 2.24) is 9.55 Å². The molecule has 0 bridgehead atoms. The molecule has 1 heterocycles. The number of halogens is 1. The number of rotatable bonds is 2. The lowest BCUT2D eigenvalue weighted by Crippen LogP contribution is -2.35. The Bertz CT molecular complexity index is 688. The molecule has 0 unspecified atom stereocenters.